The summed E-state index contributed by atoms with van der Waals surface area (Å²) in [7, 11) is 0. The van der Waals surface area contributed by atoms with Crippen LogP contribution in [-0.2, 0) is 0 Å². The predicted octanol–water partition coefficient (Wildman–Crippen LogP) is -0.0978. The van der Waals surface area contributed by atoms with E-state index in [9.17, 15) is 0 Å². The van der Waals surface area contributed by atoms with Crippen LogP contribution in [0.15, 0.2) is 24.4 Å². The molecule has 0 spiro atoms. The van der Waals surface area contributed by atoms with E-state index in [1.165, 1.54) is 0 Å². The van der Waals surface area contributed by atoms with Crippen molar-refractivity contribution in [1.29, 1.82) is 0 Å². The first-order valence-corrected chi connectivity index (χ1v) is 2.89. The first-order chi connectivity index (χ1) is 4.30. The lowest BCUT2D eigenvalue weighted by atomic mass is 9.68. The van der Waals surface area contributed by atoms with Gasteiger partial charge in [0, 0.05) is 11.8 Å². The zero-order valence-electron chi connectivity index (χ0n) is 5.28. The minimum absolute atomic E-state index is 0.453. The molecule has 0 saturated heterocycles. The first-order valence-electron chi connectivity index (χ1n) is 2.89. The second kappa shape index (κ2) is 2.64. The van der Waals surface area contributed by atoms with Gasteiger partial charge >= 0.3 is 6.92 Å². The monoisotopic (exact) mass is 121 g/mol. The minimum Gasteiger partial charge on any atom is -0.446 e. The van der Waals surface area contributed by atoms with E-state index in [4.69, 9.17) is 5.02 Å². The Hall–Kier alpha value is -0.825. The van der Waals surface area contributed by atoms with Gasteiger partial charge in [-0.05, 0) is 12.1 Å². The maximum Gasteiger partial charge on any atom is 0.340 e. The van der Waals surface area contributed by atoms with Crippen molar-refractivity contribution < 1.29 is 5.02 Å². The van der Waals surface area contributed by atoms with Crippen LogP contribution in [0.1, 0.15) is 0 Å². The van der Waals surface area contributed by atoms with E-state index in [2.05, 4.69) is 4.98 Å². The number of rotatable bonds is 1. The molecule has 46 valence electrons. The summed E-state index contributed by atoms with van der Waals surface area (Å²) in [4.78, 5) is 3.93. The van der Waals surface area contributed by atoms with Gasteiger partial charge in [-0.2, -0.15) is 0 Å². The molecule has 0 aliphatic carbocycles. The zero-order valence-corrected chi connectivity index (χ0v) is 5.28. The van der Waals surface area contributed by atoms with Crippen molar-refractivity contribution in [3.05, 3.63) is 24.4 Å². The van der Waals surface area contributed by atoms with Gasteiger partial charge in [-0.25, -0.2) is 0 Å². The average Bonchev–Trinajstić information content (AvgIpc) is 1.90. The Kier molecular flexibility index (Phi) is 1.85. The van der Waals surface area contributed by atoms with Gasteiger partial charge in [0.25, 0.3) is 0 Å². The number of hydrogen-bond donors (Lipinski definition) is 1. The Labute approximate surface area is 54.7 Å². The van der Waals surface area contributed by atoms with Gasteiger partial charge < -0.3 is 5.02 Å². The molecular weight excluding hydrogens is 113 g/mol. The van der Waals surface area contributed by atoms with Crippen molar-refractivity contribution in [3.63, 3.8) is 0 Å². The highest BCUT2D eigenvalue weighted by Crippen LogP contribution is 1.78. The molecule has 0 atom stereocenters. The molecule has 0 aromatic carbocycles. The highest BCUT2D eigenvalue weighted by atomic mass is 16.2. The van der Waals surface area contributed by atoms with Crippen molar-refractivity contribution in [2.24, 2.45) is 0 Å². The highest BCUT2D eigenvalue weighted by molar-refractivity contribution is 6.63. The van der Waals surface area contributed by atoms with Crippen LogP contribution in [0.25, 0.3) is 0 Å². The van der Waals surface area contributed by atoms with Crippen LogP contribution in [0.5, 0.6) is 0 Å². The fraction of sp³-hybridized carbons (Fsp3) is 0.167. The maximum atomic E-state index is 8.96. The normalized spacial score (nSPS) is 9.11. The van der Waals surface area contributed by atoms with Gasteiger partial charge in [0.1, 0.15) is 0 Å². The molecule has 1 heterocycles. The summed E-state index contributed by atoms with van der Waals surface area (Å²) in [5, 5.41) is 8.96. The summed E-state index contributed by atoms with van der Waals surface area (Å²) in [6.45, 7) is 1.24. The van der Waals surface area contributed by atoms with Gasteiger partial charge in [-0.3, -0.25) is 4.98 Å². The number of pyridine rings is 1. The maximum absolute atomic E-state index is 8.96. The second-order valence-electron chi connectivity index (χ2n) is 1.93. The first kappa shape index (κ1) is 6.30. The van der Waals surface area contributed by atoms with Gasteiger partial charge in [0.05, 0.1) is 0 Å². The summed E-state index contributed by atoms with van der Waals surface area (Å²) in [6.07, 6.45) is 1.67. The molecule has 2 nitrogen and oxygen atoms in total. The molecule has 3 heteroatoms. The van der Waals surface area contributed by atoms with Crippen molar-refractivity contribution in [2.75, 3.05) is 0 Å². The minimum atomic E-state index is -0.453. The number of aromatic nitrogens is 1. The van der Waals surface area contributed by atoms with Crippen LogP contribution in [0.3, 0.4) is 0 Å². The van der Waals surface area contributed by atoms with Crippen molar-refractivity contribution in [3.8, 4) is 0 Å². The Bertz CT molecular complexity index is 176. The standard InChI is InChI=1S/C6H8BNO/c1-7(9)6-4-2-3-5-8-6/h2-5,9H,1H3. The van der Waals surface area contributed by atoms with Crippen LogP contribution in [0, 0.1) is 0 Å². The lowest BCUT2D eigenvalue weighted by molar-refractivity contribution is 0.592. The Morgan fingerprint density at radius 2 is 2.33 bits per heavy atom. The van der Waals surface area contributed by atoms with Gasteiger partial charge in [-0.15, -0.1) is 0 Å². The van der Waals surface area contributed by atoms with E-state index in [0.29, 0.717) is 0 Å². The molecule has 0 aliphatic rings. The van der Waals surface area contributed by atoms with E-state index in [-0.39, 0.29) is 0 Å². The third-order valence-electron chi connectivity index (χ3n) is 1.12. The molecule has 0 amide bonds. The Morgan fingerprint density at radius 1 is 1.56 bits per heavy atom. The molecule has 0 saturated carbocycles. The van der Waals surface area contributed by atoms with E-state index in [0.717, 1.165) is 5.59 Å². The fourth-order valence-electron chi connectivity index (χ4n) is 0.623. The smallest absolute Gasteiger partial charge is 0.340 e. The lowest BCUT2D eigenvalue weighted by Gasteiger charge is -1.95. The summed E-state index contributed by atoms with van der Waals surface area (Å²) >= 11 is 0. The van der Waals surface area contributed by atoms with Crippen LogP contribution in [0.2, 0.25) is 6.82 Å². The highest BCUT2D eigenvalue weighted by Gasteiger charge is 2.04. The predicted molar refractivity (Wildman–Crippen MR) is 37.7 cm³/mol. The molecule has 9 heavy (non-hydrogen) atoms. The largest absolute Gasteiger partial charge is 0.446 e. The summed E-state index contributed by atoms with van der Waals surface area (Å²) in [5.74, 6) is 0. The number of hydrogen-bond acceptors (Lipinski definition) is 2. The van der Waals surface area contributed by atoms with Crippen molar-refractivity contribution in [1.82, 2.24) is 4.98 Å². The fourth-order valence-corrected chi connectivity index (χ4v) is 0.623. The van der Waals surface area contributed by atoms with Crippen LogP contribution < -0.4 is 5.59 Å². The molecule has 0 bridgehead atoms. The van der Waals surface area contributed by atoms with Crippen LogP contribution in [-0.4, -0.2) is 16.9 Å². The molecule has 1 N–H and O–H groups in total. The molecule has 0 fully saturated rings. The second-order valence-corrected chi connectivity index (χ2v) is 1.93. The summed E-state index contributed by atoms with van der Waals surface area (Å²) in [5.41, 5.74) is 0.720. The molecule has 0 radical (unpaired) electrons. The van der Waals surface area contributed by atoms with Gasteiger partial charge in [-0.1, -0.05) is 12.9 Å². The lowest BCUT2D eigenvalue weighted by Crippen LogP contribution is -2.28. The zero-order chi connectivity index (χ0) is 6.69. The molecular formula is C6H8BNO. The third kappa shape index (κ3) is 1.54. The average molecular weight is 121 g/mol. The third-order valence-corrected chi connectivity index (χ3v) is 1.12. The SMILES string of the molecule is CB(O)c1ccccn1. The quantitative estimate of drug-likeness (QED) is 0.526. The molecule has 0 unspecified atom stereocenters. The van der Waals surface area contributed by atoms with Gasteiger partial charge in [0.15, 0.2) is 0 Å². The van der Waals surface area contributed by atoms with Crippen molar-refractivity contribution >= 4 is 12.5 Å². The summed E-state index contributed by atoms with van der Waals surface area (Å²) < 4.78 is 0. The van der Waals surface area contributed by atoms with E-state index >= 15 is 0 Å². The van der Waals surface area contributed by atoms with E-state index in [1.54, 1.807) is 19.1 Å². The van der Waals surface area contributed by atoms with E-state index in [1.807, 2.05) is 12.1 Å². The molecule has 1 aromatic heterocycles. The number of nitrogens with zero attached hydrogens (tertiary/aromatic N) is 1. The molecule has 1 aromatic rings. The van der Waals surface area contributed by atoms with Crippen molar-refractivity contribution in [2.45, 2.75) is 6.82 Å². The Balaban J connectivity index is 2.85. The molecule has 0 aliphatic heterocycles. The van der Waals surface area contributed by atoms with E-state index < -0.39 is 6.92 Å². The topological polar surface area (TPSA) is 33.1 Å². The summed E-state index contributed by atoms with van der Waals surface area (Å²) in [6, 6.07) is 5.48. The van der Waals surface area contributed by atoms with Crippen LogP contribution in [0.4, 0.5) is 0 Å². The van der Waals surface area contributed by atoms with Gasteiger partial charge in [0.2, 0.25) is 0 Å². The van der Waals surface area contributed by atoms with Crippen LogP contribution >= 0.6 is 0 Å². The Morgan fingerprint density at radius 3 is 2.67 bits per heavy atom. The molecule has 1 rings (SSSR count).